The van der Waals surface area contributed by atoms with Gasteiger partial charge in [-0.25, -0.2) is 8.42 Å². The number of rotatable bonds is 3. The van der Waals surface area contributed by atoms with E-state index in [-0.39, 0.29) is 17.2 Å². The van der Waals surface area contributed by atoms with Gasteiger partial charge in [0.05, 0.1) is 11.3 Å². The Morgan fingerprint density at radius 1 is 1.15 bits per heavy atom. The molecule has 2 aliphatic rings. The minimum Gasteiger partial charge on any atom is -0.358 e. The molecule has 0 aromatic heterocycles. The maximum Gasteiger partial charge on any atom is 0.236 e. The van der Waals surface area contributed by atoms with E-state index >= 15 is 0 Å². The number of hydrogen-bond donors (Lipinski definition) is 2. The van der Waals surface area contributed by atoms with Gasteiger partial charge in [0.25, 0.3) is 0 Å². The Hall–Kier alpha value is -0.620. The highest BCUT2D eigenvalue weighted by molar-refractivity contribution is 7.91. The summed E-state index contributed by atoms with van der Waals surface area (Å²) in [7, 11) is -1.27. The molecule has 1 saturated carbocycles. The first kappa shape index (κ1) is 15.8. The lowest BCUT2D eigenvalue weighted by Gasteiger charge is -2.38. The van der Waals surface area contributed by atoms with Crippen LogP contribution in [0.3, 0.4) is 0 Å². The van der Waals surface area contributed by atoms with E-state index in [2.05, 4.69) is 10.6 Å². The highest BCUT2D eigenvalue weighted by Crippen LogP contribution is 2.37. The molecule has 2 rings (SSSR count). The van der Waals surface area contributed by atoms with Crippen molar-refractivity contribution < 1.29 is 13.2 Å². The molecule has 20 heavy (non-hydrogen) atoms. The van der Waals surface area contributed by atoms with Crippen LogP contribution in [0.2, 0.25) is 0 Å². The van der Waals surface area contributed by atoms with Gasteiger partial charge in [-0.1, -0.05) is 12.8 Å². The Morgan fingerprint density at radius 2 is 1.85 bits per heavy atom. The number of carbonyl (C=O) groups excluding carboxylic acids is 1. The lowest BCUT2D eigenvalue weighted by molar-refractivity contribution is -0.123. The lowest BCUT2D eigenvalue weighted by atomic mass is 9.74. The van der Waals surface area contributed by atoms with E-state index < -0.39 is 9.84 Å². The summed E-state index contributed by atoms with van der Waals surface area (Å²) < 4.78 is 23.5. The predicted molar refractivity (Wildman–Crippen MR) is 79.2 cm³/mol. The molecule has 0 radical (unpaired) electrons. The highest BCUT2D eigenvalue weighted by atomic mass is 32.2. The molecule has 1 heterocycles. The van der Waals surface area contributed by atoms with Crippen LogP contribution in [0.15, 0.2) is 0 Å². The van der Waals surface area contributed by atoms with Crippen molar-refractivity contribution in [1.82, 2.24) is 10.6 Å². The van der Waals surface area contributed by atoms with Gasteiger partial charge in [0, 0.05) is 13.3 Å². The number of carbonyl (C=O) groups is 1. The molecule has 2 fully saturated rings. The second kappa shape index (κ2) is 6.43. The number of piperidine rings is 1. The Balaban J connectivity index is 1.98. The third-order valence-corrected chi connectivity index (χ3v) is 6.59. The molecule has 0 aromatic carbocycles. The van der Waals surface area contributed by atoms with Gasteiger partial charge >= 0.3 is 0 Å². The van der Waals surface area contributed by atoms with Crippen LogP contribution < -0.4 is 10.6 Å². The quantitative estimate of drug-likeness (QED) is 0.805. The molecule has 0 spiro atoms. The van der Waals surface area contributed by atoms with Gasteiger partial charge in [-0.05, 0) is 44.1 Å². The number of amides is 1. The number of likely N-dealkylation sites (N-methyl/N-ethyl adjacent to an activating group) is 1. The number of hydrogen-bond acceptors (Lipinski definition) is 4. The lowest BCUT2D eigenvalue weighted by Crippen LogP contribution is -2.49. The normalized spacial score (nSPS) is 35.5. The molecular formula is C14H26N2O3S. The molecule has 116 valence electrons. The Morgan fingerprint density at radius 3 is 2.50 bits per heavy atom. The van der Waals surface area contributed by atoms with Gasteiger partial charge in [0.1, 0.15) is 9.84 Å². The van der Waals surface area contributed by atoms with Crippen molar-refractivity contribution in [3.05, 3.63) is 0 Å². The number of sulfone groups is 1. The Bertz CT molecular complexity index is 449. The van der Waals surface area contributed by atoms with E-state index in [0.29, 0.717) is 11.8 Å². The average molecular weight is 302 g/mol. The van der Waals surface area contributed by atoms with Crippen LogP contribution in [-0.2, 0) is 14.6 Å². The molecular weight excluding hydrogens is 276 g/mol. The average Bonchev–Trinajstić information content (AvgIpc) is 2.46. The fourth-order valence-electron chi connectivity index (χ4n) is 3.75. The Kier molecular flexibility index (Phi) is 5.07. The van der Waals surface area contributed by atoms with Crippen LogP contribution >= 0.6 is 0 Å². The standard InChI is InChI=1S/C14H26N2O3S/c1-15-14(17)13-9-11(6-7-16-13)10-4-3-5-12(8-10)20(2,18)19/h10-13,16H,3-9H2,1-2H3,(H,15,17). The fourth-order valence-corrected chi connectivity index (χ4v) is 4.94. The summed E-state index contributed by atoms with van der Waals surface area (Å²) in [5, 5.41) is 5.77. The van der Waals surface area contributed by atoms with Crippen molar-refractivity contribution >= 4 is 15.7 Å². The first-order chi connectivity index (χ1) is 9.41. The van der Waals surface area contributed by atoms with E-state index in [1.54, 1.807) is 7.05 Å². The van der Waals surface area contributed by atoms with E-state index in [9.17, 15) is 13.2 Å². The first-order valence-electron chi connectivity index (χ1n) is 7.55. The van der Waals surface area contributed by atoms with Crippen molar-refractivity contribution in [3.8, 4) is 0 Å². The van der Waals surface area contributed by atoms with Crippen molar-refractivity contribution in [3.63, 3.8) is 0 Å². The minimum atomic E-state index is -2.93. The summed E-state index contributed by atoms with van der Waals surface area (Å²) in [5.41, 5.74) is 0. The Labute approximate surface area is 121 Å². The van der Waals surface area contributed by atoms with Gasteiger partial charge in [-0.2, -0.15) is 0 Å². The molecule has 5 nitrogen and oxygen atoms in total. The topological polar surface area (TPSA) is 75.3 Å². The smallest absolute Gasteiger partial charge is 0.236 e. The van der Waals surface area contributed by atoms with E-state index in [1.807, 2.05) is 0 Å². The van der Waals surface area contributed by atoms with Gasteiger partial charge in [-0.15, -0.1) is 0 Å². The van der Waals surface area contributed by atoms with Gasteiger partial charge < -0.3 is 10.6 Å². The highest BCUT2D eigenvalue weighted by Gasteiger charge is 2.36. The maximum absolute atomic E-state index is 11.8. The van der Waals surface area contributed by atoms with Crippen molar-refractivity contribution in [2.24, 2.45) is 11.8 Å². The zero-order valence-corrected chi connectivity index (χ0v) is 13.2. The summed E-state index contributed by atoms with van der Waals surface area (Å²) in [5.74, 6) is 0.978. The molecule has 1 saturated heterocycles. The maximum atomic E-state index is 11.8. The zero-order valence-electron chi connectivity index (χ0n) is 12.4. The summed E-state index contributed by atoms with van der Waals surface area (Å²) in [6.45, 7) is 0.850. The molecule has 4 atom stereocenters. The monoisotopic (exact) mass is 302 g/mol. The van der Waals surface area contributed by atoms with Crippen molar-refractivity contribution in [2.75, 3.05) is 19.8 Å². The summed E-state index contributed by atoms with van der Waals surface area (Å²) in [6.07, 6.45) is 6.93. The summed E-state index contributed by atoms with van der Waals surface area (Å²) in [4.78, 5) is 11.7. The van der Waals surface area contributed by atoms with E-state index in [0.717, 1.165) is 45.1 Å². The third kappa shape index (κ3) is 3.73. The first-order valence-corrected chi connectivity index (χ1v) is 9.51. The second-order valence-corrected chi connectivity index (χ2v) is 8.61. The molecule has 1 aliphatic carbocycles. The third-order valence-electron chi connectivity index (χ3n) is 4.95. The zero-order chi connectivity index (χ0) is 14.8. The minimum absolute atomic E-state index is 0.0465. The van der Waals surface area contributed by atoms with E-state index in [1.165, 1.54) is 6.26 Å². The van der Waals surface area contributed by atoms with Crippen molar-refractivity contribution in [2.45, 2.75) is 49.8 Å². The van der Waals surface area contributed by atoms with Gasteiger partial charge in [0.2, 0.25) is 5.91 Å². The van der Waals surface area contributed by atoms with Crippen LogP contribution in [-0.4, -0.2) is 45.5 Å². The van der Waals surface area contributed by atoms with Crippen LogP contribution in [0, 0.1) is 11.8 Å². The summed E-state index contributed by atoms with van der Waals surface area (Å²) >= 11 is 0. The van der Waals surface area contributed by atoms with Gasteiger partial charge in [0.15, 0.2) is 0 Å². The van der Waals surface area contributed by atoms with Crippen LogP contribution in [0.25, 0.3) is 0 Å². The fraction of sp³-hybridized carbons (Fsp3) is 0.929. The van der Waals surface area contributed by atoms with Crippen LogP contribution in [0.4, 0.5) is 0 Å². The number of nitrogens with one attached hydrogen (secondary N) is 2. The van der Waals surface area contributed by atoms with Crippen molar-refractivity contribution in [1.29, 1.82) is 0 Å². The van der Waals surface area contributed by atoms with Crippen LogP contribution in [0.1, 0.15) is 38.5 Å². The van der Waals surface area contributed by atoms with E-state index in [4.69, 9.17) is 0 Å². The molecule has 1 amide bonds. The second-order valence-electron chi connectivity index (χ2n) is 6.28. The molecule has 6 heteroatoms. The largest absolute Gasteiger partial charge is 0.358 e. The molecule has 4 unspecified atom stereocenters. The van der Waals surface area contributed by atoms with Gasteiger partial charge in [-0.3, -0.25) is 4.79 Å². The van der Waals surface area contributed by atoms with Crippen LogP contribution in [0.5, 0.6) is 0 Å². The summed E-state index contributed by atoms with van der Waals surface area (Å²) in [6, 6.07) is -0.114. The molecule has 1 aliphatic heterocycles. The molecule has 2 N–H and O–H groups in total. The SMILES string of the molecule is CNC(=O)C1CC(C2CCCC(S(C)(=O)=O)C2)CCN1. The molecule has 0 bridgehead atoms. The molecule has 0 aromatic rings. The predicted octanol–water partition coefficient (Wildman–Crippen LogP) is 0.704.